The molecule has 7 heteroatoms. The van der Waals surface area contributed by atoms with Crippen molar-refractivity contribution < 1.29 is 13.9 Å². The second-order valence-corrected chi connectivity index (χ2v) is 8.88. The molecule has 3 aliphatic rings. The summed E-state index contributed by atoms with van der Waals surface area (Å²) in [5.41, 5.74) is 2.93. The molecule has 2 aromatic heterocycles. The van der Waals surface area contributed by atoms with Gasteiger partial charge in [0.2, 0.25) is 0 Å². The smallest absolute Gasteiger partial charge is 0.289 e. The predicted molar refractivity (Wildman–Crippen MR) is 112 cm³/mol. The molecule has 0 aliphatic carbocycles. The number of furan rings is 1. The average Bonchev–Trinajstić information content (AvgIpc) is 3.00. The van der Waals surface area contributed by atoms with Crippen molar-refractivity contribution in [2.75, 3.05) is 39.4 Å². The van der Waals surface area contributed by atoms with E-state index in [4.69, 9.17) is 9.15 Å². The number of amides is 1. The molecule has 0 radical (unpaired) electrons. The van der Waals surface area contributed by atoms with Gasteiger partial charge < -0.3 is 18.6 Å². The van der Waals surface area contributed by atoms with Crippen LogP contribution in [0.3, 0.4) is 0 Å². The van der Waals surface area contributed by atoms with Crippen LogP contribution in [0.1, 0.15) is 46.1 Å². The standard InChI is InChI=1S/C23H29N3O4/c1-16-5-9-30-21(16)23(28)25-12-17-11-19(15-25)20-4-3-18(22(27)26(20)13-17)14-24-6-2-8-29-10-7-24/h3-5,9,17,19H,2,6-8,10-15H2,1H3/t17-,19+/m0/s1. The fraction of sp³-hybridized carbons (Fsp3) is 0.565. The van der Waals surface area contributed by atoms with Gasteiger partial charge in [0, 0.05) is 68.6 Å². The van der Waals surface area contributed by atoms with E-state index in [1.54, 1.807) is 6.26 Å². The Labute approximate surface area is 176 Å². The molecular formula is C23H29N3O4. The number of carbonyl (C=O) groups excluding carboxylic acids is 1. The largest absolute Gasteiger partial charge is 0.459 e. The SMILES string of the molecule is Cc1ccoc1C(=O)N1C[C@@H]2C[C@H](C1)c1ccc(CN3CCCOCC3)c(=O)n1C2. The van der Waals surface area contributed by atoms with Gasteiger partial charge >= 0.3 is 0 Å². The minimum atomic E-state index is -0.0389. The van der Waals surface area contributed by atoms with Crippen molar-refractivity contribution in [3.8, 4) is 0 Å². The topological polar surface area (TPSA) is 67.9 Å². The van der Waals surface area contributed by atoms with Crippen LogP contribution in [0.15, 0.2) is 33.7 Å². The van der Waals surface area contributed by atoms with Crippen molar-refractivity contribution >= 4 is 5.91 Å². The first-order valence-electron chi connectivity index (χ1n) is 11.0. The maximum atomic E-state index is 13.3. The van der Waals surface area contributed by atoms with Crippen molar-refractivity contribution in [1.29, 1.82) is 0 Å². The van der Waals surface area contributed by atoms with Crippen molar-refractivity contribution in [3.63, 3.8) is 0 Å². The van der Waals surface area contributed by atoms with Crippen LogP contribution >= 0.6 is 0 Å². The Morgan fingerprint density at radius 3 is 2.87 bits per heavy atom. The van der Waals surface area contributed by atoms with E-state index in [0.717, 1.165) is 56.0 Å². The van der Waals surface area contributed by atoms with Gasteiger partial charge in [-0.1, -0.05) is 6.07 Å². The van der Waals surface area contributed by atoms with E-state index in [9.17, 15) is 9.59 Å². The Morgan fingerprint density at radius 1 is 1.13 bits per heavy atom. The van der Waals surface area contributed by atoms with Gasteiger partial charge in [-0.05, 0) is 37.8 Å². The molecule has 2 saturated heterocycles. The number of rotatable bonds is 3. The molecule has 0 aromatic carbocycles. The second kappa shape index (κ2) is 8.04. The minimum Gasteiger partial charge on any atom is -0.459 e. The Bertz CT molecular complexity index is 987. The molecule has 3 aliphatic heterocycles. The fourth-order valence-electron chi connectivity index (χ4n) is 5.21. The van der Waals surface area contributed by atoms with E-state index < -0.39 is 0 Å². The van der Waals surface area contributed by atoms with E-state index in [2.05, 4.69) is 11.0 Å². The highest BCUT2D eigenvalue weighted by Crippen LogP contribution is 2.36. The van der Waals surface area contributed by atoms with Crippen LogP contribution in [0.2, 0.25) is 0 Å². The van der Waals surface area contributed by atoms with Crippen molar-refractivity contribution in [1.82, 2.24) is 14.4 Å². The number of nitrogens with zero attached hydrogens (tertiary/aromatic N) is 3. The molecule has 160 valence electrons. The molecule has 2 fully saturated rings. The number of fused-ring (bicyclic) bond motifs is 4. The van der Waals surface area contributed by atoms with Gasteiger partial charge in [-0.25, -0.2) is 0 Å². The number of ether oxygens (including phenoxy) is 1. The van der Waals surface area contributed by atoms with Gasteiger partial charge in [-0.2, -0.15) is 0 Å². The zero-order valence-electron chi connectivity index (χ0n) is 17.5. The molecule has 30 heavy (non-hydrogen) atoms. The maximum absolute atomic E-state index is 13.3. The minimum absolute atomic E-state index is 0.0389. The van der Waals surface area contributed by atoms with Crippen molar-refractivity contribution in [2.24, 2.45) is 5.92 Å². The first kappa shape index (κ1) is 19.6. The number of aryl methyl sites for hydroxylation is 1. The molecule has 7 nitrogen and oxygen atoms in total. The summed E-state index contributed by atoms with van der Waals surface area (Å²) in [5, 5.41) is 0. The highest BCUT2D eigenvalue weighted by molar-refractivity contribution is 5.93. The summed E-state index contributed by atoms with van der Waals surface area (Å²) in [7, 11) is 0. The highest BCUT2D eigenvalue weighted by atomic mass is 16.5. The number of hydrogen-bond donors (Lipinski definition) is 0. The van der Waals surface area contributed by atoms with E-state index in [0.29, 0.717) is 37.9 Å². The highest BCUT2D eigenvalue weighted by Gasteiger charge is 2.37. The number of hydrogen-bond acceptors (Lipinski definition) is 5. The number of carbonyl (C=O) groups is 1. The zero-order valence-corrected chi connectivity index (χ0v) is 17.5. The molecule has 0 saturated carbocycles. The van der Waals surface area contributed by atoms with Gasteiger partial charge in [0.05, 0.1) is 12.9 Å². The first-order chi connectivity index (χ1) is 14.6. The van der Waals surface area contributed by atoms with Crippen LogP contribution in [-0.2, 0) is 17.8 Å². The monoisotopic (exact) mass is 411 g/mol. The van der Waals surface area contributed by atoms with E-state index >= 15 is 0 Å². The predicted octanol–water partition coefficient (Wildman–Crippen LogP) is 2.23. The summed E-state index contributed by atoms with van der Waals surface area (Å²) in [4.78, 5) is 30.4. The molecular weight excluding hydrogens is 382 g/mol. The van der Waals surface area contributed by atoms with Crippen molar-refractivity contribution in [2.45, 2.75) is 38.8 Å². The lowest BCUT2D eigenvalue weighted by Gasteiger charge is -2.42. The van der Waals surface area contributed by atoms with Crippen LogP contribution in [0.5, 0.6) is 0 Å². The normalized spacial score (nSPS) is 24.4. The molecule has 0 spiro atoms. The molecule has 0 N–H and O–H groups in total. The molecule has 5 rings (SSSR count). The van der Waals surface area contributed by atoms with Gasteiger partial charge in [0.25, 0.3) is 11.5 Å². The number of likely N-dealkylation sites (tertiary alicyclic amines) is 1. The van der Waals surface area contributed by atoms with Crippen LogP contribution in [0.25, 0.3) is 0 Å². The number of pyridine rings is 1. The Hall–Kier alpha value is -2.38. The lowest BCUT2D eigenvalue weighted by atomic mass is 9.82. The van der Waals surface area contributed by atoms with E-state index in [1.807, 2.05) is 28.5 Å². The maximum Gasteiger partial charge on any atom is 0.289 e. The van der Waals surface area contributed by atoms with Gasteiger partial charge in [0.15, 0.2) is 5.76 Å². The average molecular weight is 412 g/mol. The second-order valence-electron chi connectivity index (χ2n) is 8.88. The molecule has 2 aromatic rings. The summed E-state index contributed by atoms with van der Waals surface area (Å²) in [6.07, 6.45) is 3.61. The zero-order chi connectivity index (χ0) is 20.7. The van der Waals surface area contributed by atoms with Crippen LogP contribution in [-0.4, -0.2) is 59.7 Å². The van der Waals surface area contributed by atoms with E-state index in [-0.39, 0.29) is 17.4 Å². The Balaban J connectivity index is 1.36. The van der Waals surface area contributed by atoms with Crippen LogP contribution in [0.4, 0.5) is 0 Å². The number of aromatic nitrogens is 1. The van der Waals surface area contributed by atoms with E-state index in [1.165, 1.54) is 0 Å². The summed E-state index contributed by atoms with van der Waals surface area (Å²) < 4.78 is 12.9. The molecule has 2 atom stereocenters. The van der Waals surface area contributed by atoms with Gasteiger partial charge in [-0.3, -0.25) is 14.5 Å². The molecule has 0 unspecified atom stereocenters. The fourth-order valence-corrected chi connectivity index (χ4v) is 5.21. The summed E-state index contributed by atoms with van der Waals surface area (Å²) in [6.45, 7) is 7.94. The first-order valence-corrected chi connectivity index (χ1v) is 11.0. The molecule has 5 heterocycles. The lowest BCUT2D eigenvalue weighted by molar-refractivity contribution is 0.0562. The Kier molecular flexibility index (Phi) is 5.25. The van der Waals surface area contributed by atoms with Crippen LogP contribution < -0.4 is 5.56 Å². The summed E-state index contributed by atoms with van der Waals surface area (Å²) in [5.74, 6) is 0.896. The molecule has 2 bridgehead atoms. The lowest BCUT2D eigenvalue weighted by Crippen LogP contribution is -2.49. The summed E-state index contributed by atoms with van der Waals surface area (Å²) in [6, 6.07) is 5.93. The quantitative estimate of drug-likeness (QED) is 0.775. The number of piperidine rings is 1. The van der Waals surface area contributed by atoms with Crippen molar-refractivity contribution in [3.05, 3.63) is 57.4 Å². The van der Waals surface area contributed by atoms with Crippen LogP contribution in [0, 0.1) is 12.8 Å². The van der Waals surface area contributed by atoms with Gasteiger partial charge in [-0.15, -0.1) is 0 Å². The third-order valence-corrected chi connectivity index (χ3v) is 6.74. The summed E-state index contributed by atoms with van der Waals surface area (Å²) >= 11 is 0. The Morgan fingerprint density at radius 2 is 2.03 bits per heavy atom. The third kappa shape index (κ3) is 3.61. The third-order valence-electron chi connectivity index (χ3n) is 6.74. The van der Waals surface area contributed by atoms with Gasteiger partial charge in [0.1, 0.15) is 0 Å². The molecule has 1 amide bonds.